The molecule has 0 radical (unpaired) electrons. The summed E-state index contributed by atoms with van der Waals surface area (Å²) in [7, 11) is 0. The molecule has 1 aliphatic carbocycles. The van der Waals surface area contributed by atoms with Crippen LogP contribution in [0.2, 0.25) is 0 Å². The number of halogens is 6. The number of oxime groups is 1. The van der Waals surface area contributed by atoms with Gasteiger partial charge in [-0.05, 0) is 48.8 Å². The molecule has 0 unspecified atom stereocenters. The van der Waals surface area contributed by atoms with Gasteiger partial charge in [-0.25, -0.2) is 4.79 Å². The first-order chi connectivity index (χ1) is 13.2. The van der Waals surface area contributed by atoms with Gasteiger partial charge in [-0.3, -0.25) is 4.79 Å². The van der Waals surface area contributed by atoms with Gasteiger partial charge in [-0.1, -0.05) is 19.0 Å². The van der Waals surface area contributed by atoms with Gasteiger partial charge in [-0.15, -0.1) is 0 Å². The number of hydrogen-bond acceptors (Lipinski definition) is 4. The minimum absolute atomic E-state index is 0.00202. The number of alkyl halides is 6. The maximum atomic E-state index is 13.1. The number of hydrogen-bond donors (Lipinski definition) is 0. The molecule has 0 saturated carbocycles. The second kappa shape index (κ2) is 7.84. The van der Waals surface area contributed by atoms with Crippen molar-refractivity contribution in [3.05, 3.63) is 58.2 Å². The van der Waals surface area contributed by atoms with E-state index in [4.69, 9.17) is 0 Å². The molecule has 10 heteroatoms. The minimum atomic E-state index is -5.08. The quantitative estimate of drug-likeness (QED) is 0.287. The zero-order valence-electron chi connectivity index (χ0n) is 15.4. The number of nitrogens with zero attached hydrogens (tertiary/aromatic N) is 1. The van der Waals surface area contributed by atoms with Crippen molar-refractivity contribution in [2.24, 2.45) is 11.1 Å². The average Bonchev–Trinajstić information content (AvgIpc) is 2.58. The summed E-state index contributed by atoms with van der Waals surface area (Å²) in [5.74, 6) is -2.20. The SMILES string of the molecule is CC1=CC(=O)C(C(C)C)=CC1=NOC(=O)c1cc(C(F)(F)F)ccc1C(F)(F)F. The predicted octanol–water partition coefficient (Wildman–Crippen LogP) is 5.35. The Labute approximate surface area is 161 Å². The van der Waals surface area contributed by atoms with Crippen molar-refractivity contribution in [2.45, 2.75) is 33.1 Å². The van der Waals surface area contributed by atoms with E-state index in [1.54, 1.807) is 13.8 Å². The van der Waals surface area contributed by atoms with Crippen molar-refractivity contribution in [1.82, 2.24) is 0 Å². The molecule has 0 atom stereocenters. The highest BCUT2D eigenvalue weighted by Crippen LogP contribution is 2.36. The highest BCUT2D eigenvalue weighted by molar-refractivity contribution is 6.21. The van der Waals surface area contributed by atoms with Crippen LogP contribution in [0, 0.1) is 5.92 Å². The molecule has 0 N–H and O–H groups in total. The molecule has 0 aromatic heterocycles. The van der Waals surface area contributed by atoms with Gasteiger partial charge < -0.3 is 4.84 Å². The average molecular weight is 419 g/mol. The minimum Gasteiger partial charge on any atom is -0.312 e. The van der Waals surface area contributed by atoms with E-state index < -0.39 is 35.0 Å². The predicted molar refractivity (Wildman–Crippen MR) is 91.0 cm³/mol. The Morgan fingerprint density at radius 2 is 1.66 bits per heavy atom. The van der Waals surface area contributed by atoms with Gasteiger partial charge in [0.1, 0.15) is 5.71 Å². The topological polar surface area (TPSA) is 55.7 Å². The zero-order chi connectivity index (χ0) is 22.1. The molecule has 29 heavy (non-hydrogen) atoms. The van der Waals surface area contributed by atoms with Gasteiger partial charge in [0, 0.05) is 5.57 Å². The molecule has 0 fully saturated rings. The van der Waals surface area contributed by atoms with Crippen molar-refractivity contribution < 1.29 is 40.8 Å². The Kier molecular flexibility index (Phi) is 6.05. The third-order valence-electron chi connectivity index (χ3n) is 4.05. The lowest BCUT2D eigenvalue weighted by molar-refractivity contribution is -0.141. The summed E-state index contributed by atoms with van der Waals surface area (Å²) in [5.41, 5.74) is -3.72. The summed E-state index contributed by atoms with van der Waals surface area (Å²) in [5, 5.41) is 3.44. The fourth-order valence-electron chi connectivity index (χ4n) is 2.51. The van der Waals surface area contributed by atoms with Crippen LogP contribution in [0.25, 0.3) is 0 Å². The largest absolute Gasteiger partial charge is 0.417 e. The Bertz CT molecular complexity index is 936. The molecule has 0 spiro atoms. The first-order valence-corrected chi connectivity index (χ1v) is 8.24. The molecule has 0 heterocycles. The number of carbonyl (C=O) groups is 2. The molecule has 2 rings (SSSR count). The maximum absolute atomic E-state index is 13.1. The Balaban J connectivity index is 2.43. The number of carbonyl (C=O) groups excluding carboxylic acids is 2. The van der Waals surface area contributed by atoms with Crippen molar-refractivity contribution in [2.75, 3.05) is 0 Å². The van der Waals surface area contributed by atoms with Gasteiger partial charge in [0.15, 0.2) is 5.78 Å². The van der Waals surface area contributed by atoms with E-state index in [-0.39, 0.29) is 41.2 Å². The third kappa shape index (κ3) is 5.12. The Morgan fingerprint density at radius 1 is 1.03 bits per heavy atom. The molecule has 0 aliphatic heterocycles. The lowest BCUT2D eigenvalue weighted by Crippen LogP contribution is -2.18. The summed E-state index contributed by atoms with van der Waals surface area (Å²) in [4.78, 5) is 28.5. The first-order valence-electron chi connectivity index (χ1n) is 8.24. The fourth-order valence-corrected chi connectivity index (χ4v) is 2.51. The van der Waals surface area contributed by atoms with E-state index in [0.717, 1.165) is 0 Å². The van der Waals surface area contributed by atoms with Crippen LogP contribution in [0.4, 0.5) is 26.3 Å². The van der Waals surface area contributed by atoms with E-state index in [1.807, 2.05) is 0 Å². The fraction of sp³-hybridized carbons (Fsp3) is 0.316. The van der Waals surface area contributed by atoms with Crippen LogP contribution in [-0.4, -0.2) is 17.5 Å². The molecule has 0 amide bonds. The number of benzene rings is 1. The maximum Gasteiger partial charge on any atom is 0.417 e. The third-order valence-corrected chi connectivity index (χ3v) is 4.05. The number of rotatable bonds is 3. The van der Waals surface area contributed by atoms with E-state index >= 15 is 0 Å². The van der Waals surface area contributed by atoms with Crippen LogP contribution in [0.1, 0.15) is 42.3 Å². The van der Waals surface area contributed by atoms with E-state index in [2.05, 4.69) is 9.99 Å². The first kappa shape index (κ1) is 22.4. The molecule has 156 valence electrons. The van der Waals surface area contributed by atoms with Crippen LogP contribution in [0.3, 0.4) is 0 Å². The van der Waals surface area contributed by atoms with Gasteiger partial charge in [0.05, 0.1) is 16.7 Å². The lowest BCUT2D eigenvalue weighted by atomic mass is 9.90. The molecule has 1 aromatic carbocycles. The molecular formula is C19H15F6NO3. The van der Waals surface area contributed by atoms with E-state index in [0.29, 0.717) is 5.57 Å². The monoisotopic (exact) mass is 419 g/mol. The number of allylic oxidation sites excluding steroid dienone is 4. The second-order valence-corrected chi connectivity index (χ2v) is 6.56. The molecule has 1 aromatic rings. The van der Waals surface area contributed by atoms with Crippen LogP contribution < -0.4 is 0 Å². The zero-order valence-corrected chi connectivity index (χ0v) is 15.4. The van der Waals surface area contributed by atoms with Crippen molar-refractivity contribution in [3.63, 3.8) is 0 Å². The van der Waals surface area contributed by atoms with Crippen LogP contribution in [0.5, 0.6) is 0 Å². The Morgan fingerprint density at radius 3 is 2.17 bits per heavy atom. The van der Waals surface area contributed by atoms with Crippen molar-refractivity contribution >= 4 is 17.5 Å². The van der Waals surface area contributed by atoms with Gasteiger partial charge in [-0.2, -0.15) is 26.3 Å². The van der Waals surface area contributed by atoms with Crippen LogP contribution in [0.15, 0.2) is 46.7 Å². The highest BCUT2D eigenvalue weighted by atomic mass is 19.4. The molecule has 1 aliphatic rings. The van der Waals surface area contributed by atoms with E-state index in [1.165, 1.54) is 19.1 Å². The molecule has 0 saturated heterocycles. The van der Waals surface area contributed by atoms with Crippen molar-refractivity contribution in [3.8, 4) is 0 Å². The summed E-state index contributed by atoms with van der Waals surface area (Å²) < 4.78 is 77.8. The Hall–Kier alpha value is -2.91. The lowest BCUT2D eigenvalue weighted by Gasteiger charge is -2.15. The van der Waals surface area contributed by atoms with Crippen molar-refractivity contribution in [1.29, 1.82) is 0 Å². The molecule has 4 nitrogen and oxygen atoms in total. The summed E-state index contributed by atoms with van der Waals surface area (Å²) in [6.07, 6.45) is -7.51. The second-order valence-electron chi connectivity index (χ2n) is 6.56. The van der Waals surface area contributed by atoms with Gasteiger partial charge >= 0.3 is 18.3 Å². The summed E-state index contributed by atoms with van der Waals surface area (Å²) >= 11 is 0. The van der Waals surface area contributed by atoms with E-state index in [9.17, 15) is 35.9 Å². The van der Waals surface area contributed by atoms with Gasteiger partial charge in [0.25, 0.3) is 0 Å². The molecule has 0 bridgehead atoms. The summed E-state index contributed by atoms with van der Waals surface area (Å²) in [6, 6.07) is 0.449. The van der Waals surface area contributed by atoms with Gasteiger partial charge in [0.2, 0.25) is 0 Å². The molecular weight excluding hydrogens is 404 g/mol. The normalized spacial score (nSPS) is 16.8. The van der Waals surface area contributed by atoms with Crippen LogP contribution in [-0.2, 0) is 22.0 Å². The summed E-state index contributed by atoms with van der Waals surface area (Å²) in [6.45, 7) is 4.91. The standard InChI is InChI=1S/C19H15F6NO3/c1-9(2)12-8-15(10(3)6-16(12)27)26-29-17(28)13-7-11(18(20,21)22)4-5-14(13)19(23,24)25/h4-9H,1-3H3. The number of ketones is 1. The highest BCUT2D eigenvalue weighted by Gasteiger charge is 2.39. The van der Waals surface area contributed by atoms with Crippen LogP contribution >= 0.6 is 0 Å². The smallest absolute Gasteiger partial charge is 0.312 e.